The number of aliphatic hydroxyl groups excluding tert-OH is 2. The quantitative estimate of drug-likeness (QED) is 0.604. The van der Waals surface area contributed by atoms with E-state index in [1.807, 2.05) is 19.2 Å². The second kappa shape index (κ2) is 11.1. The highest BCUT2D eigenvalue weighted by Crippen LogP contribution is 2.36. The summed E-state index contributed by atoms with van der Waals surface area (Å²) in [7, 11) is 0. The Morgan fingerprint density at radius 2 is 1.94 bits per heavy atom. The van der Waals surface area contributed by atoms with E-state index >= 15 is 0 Å². The first-order valence-corrected chi connectivity index (χ1v) is 13.2. The molecule has 1 aromatic rings. The van der Waals surface area contributed by atoms with Gasteiger partial charge in [-0.15, -0.1) is 11.3 Å². The third-order valence-electron chi connectivity index (χ3n) is 7.49. The van der Waals surface area contributed by atoms with Crippen LogP contribution in [0.2, 0.25) is 0 Å². The molecule has 0 spiro atoms. The summed E-state index contributed by atoms with van der Waals surface area (Å²) in [5.74, 6) is -0.605. The number of thiazole rings is 1. The summed E-state index contributed by atoms with van der Waals surface area (Å²) in [6, 6.07) is 0. The Hall–Kier alpha value is -1.12. The molecule has 0 aliphatic carbocycles. The van der Waals surface area contributed by atoms with E-state index in [2.05, 4.69) is 18.0 Å². The highest BCUT2D eigenvalue weighted by Gasteiger charge is 2.43. The molecule has 6 nitrogen and oxygen atoms in total. The van der Waals surface area contributed by atoms with Crippen molar-refractivity contribution in [3.63, 3.8) is 0 Å². The lowest BCUT2D eigenvalue weighted by Crippen LogP contribution is -2.45. The summed E-state index contributed by atoms with van der Waals surface area (Å²) in [4.78, 5) is 17.7. The molecular formula is C26H41NO5S. The second-order valence-corrected chi connectivity index (χ2v) is 11.6. The van der Waals surface area contributed by atoms with Gasteiger partial charge in [0.05, 0.1) is 41.2 Å². The molecular weight excluding hydrogens is 438 g/mol. The number of carbonyl (C=O) groups is 1. The summed E-state index contributed by atoms with van der Waals surface area (Å²) >= 11 is 1.63. The molecule has 7 atom stereocenters. The van der Waals surface area contributed by atoms with Crippen LogP contribution in [-0.2, 0) is 14.3 Å². The van der Waals surface area contributed by atoms with Gasteiger partial charge in [-0.05, 0) is 50.7 Å². The van der Waals surface area contributed by atoms with E-state index in [9.17, 15) is 15.0 Å². The van der Waals surface area contributed by atoms with E-state index in [1.165, 1.54) is 0 Å². The minimum absolute atomic E-state index is 0.0184. The first kappa shape index (κ1) is 26.5. The van der Waals surface area contributed by atoms with Gasteiger partial charge in [-0.25, -0.2) is 4.98 Å². The molecule has 0 unspecified atom stereocenters. The van der Waals surface area contributed by atoms with E-state index < -0.39 is 23.5 Å². The van der Waals surface area contributed by atoms with Crippen molar-refractivity contribution in [2.24, 2.45) is 17.3 Å². The zero-order valence-electron chi connectivity index (χ0n) is 20.9. The van der Waals surface area contributed by atoms with Crippen molar-refractivity contribution in [3.8, 4) is 0 Å². The summed E-state index contributed by atoms with van der Waals surface area (Å²) in [5.41, 5.74) is 1.07. The minimum Gasteiger partial charge on any atom is -0.392 e. The molecule has 2 aliphatic heterocycles. The SMILES string of the molecule is CC(=Cc1csc(C)n1)[C@H]1C[C@@H]2O[C@H]2CCC[C@@H](C)[C@@H](O)[C@H](C)C(=O)C(C)(C)[C@H](O)CCO1. The number of hydrogen-bond donors (Lipinski definition) is 2. The molecule has 2 N–H and O–H groups in total. The number of ketones is 1. The zero-order valence-corrected chi connectivity index (χ0v) is 21.7. The van der Waals surface area contributed by atoms with Gasteiger partial charge in [-0.2, -0.15) is 0 Å². The summed E-state index contributed by atoms with van der Waals surface area (Å²) in [5, 5.41) is 24.7. The molecule has 0 saturated carbocycles. The summed E-state index contributed by atoms with van der Waals surface area (Å²) < 4.78 is 12.2. The normalized spacial score (nSPS) is 36.9. The topological polar surface area (TPSA) is 92.2 Å². The van der Waals surface area contributed by atoms with Gasteiger partial charge in [0.25, 0.3) is 0 Å². The fraction of sp³-hybridized carbons (Fsp3) is 0.769. The molecule has 3 heterocycles. The molecule has 2 fully saturated rings. The van der Waals surface area contributed by atoms with Crippen molar-refractivity contribution < 1.29 is 24.5 Å². The van der Waals surface area contributed by atoms with Crippen LogP contribution in [0.3, 0.4) is 0 Å². The monoisotopic (exact) mass is 479 g/mol. The van der Waals surface area contributed by atoms with E-state index in [0.29, 0.717) is 13.0 Å². The van der Waals surface area contributed by atoms with Crippen LogP contribution in [0.15, 0.2) is 11.0 Å². The van der Waals surface area contributed by atoms with Crippen LogP contribution in [0, 0.1) is 24.2 Å². The number of nitrogens with zero attached hydrogens (tertiary/aromatic N) is 1. The number of carbonyl (C=O) groups excluding carboxylic acids is 1. The van der Waals surface area contributed by atoms with E-state index in [4.69, 9.17) is 9.47 Å². The predicted octanol–water partition coefficient (Wildman–Crippen LogP) is 4.56. The van der Waals surface area contributed by atoms with E-state index in [0.717, 1.165) is 42.0 Å². The molecule has 33 heavy (non-hydrogen) atoms. The molecule has 2 saturated heterocycles. The van der Waals surface area contributed by atoms with Crippen LogP contribution in [0.25, 0.3) is 6.08 Å². The maximum atomic E-state index is 13.2. The van der Waals surface area contributed by atoms with Gasteiger partial charge in [0, 0.05) is 29.7 Å². The Balaban J connectivity index is 1.75. The number of aromatic nitrogens is 1. The van der Waals surface area contributed by atoms with Crippen molar-refractivity contribution in [1.82, 2.24) is 4.98 Å². The maximum absolute atomic E-state index is 13.2. The van der Waals surface area contributed by atoms with Crippen molar-refractivity contribution in [3.05, 3.63) is 21.7 Å². The number of aliphatic hydroxyl groups is 2. The van der Waals surface area contributed by atoms with Crippen LogP contribution in [0.4, 0.5) is 0 Å². The Kier molecular flexibility index (Phi) is 8.89. The molecule has 1 aromatic heterocycles. The van der Waals surface area contributed by atoms with Crippen LogP contribution in [0.5, 0.6) is 0 Å². The van der Waals surface area contributed by atoms with Gasteiger partial charge in [0.1, 0.15) is 5.78 Å². The van der Waals surface area contributed by atoms with Crippen LogP contribution in [0.1, 0.15) is 77.4 Å². The second-order valence-electron chi connectivity index (χ2n) is 10.6. The van der Waals surface area contributed by atoms with Gasteiger partial charge in [0.15, 0.2) is 0 Å². The number of ether oxygens (including phenoxy) is 2. The van der Waals surface area contributed by atoms with Gasteiger partial charge in [0.2, 0.25) is 0 Å². The molecule has 0 radical (unpaired) electrons. The number of fused-ring (bicyclic) bond motifs is 1. The lowest BCUT2D eigenvalue weighted by Gasteiger charge is -2.35. The molecule has 0 amide bonds. The van der Waals surface area contributed by atoms with Crippen molar-refractivity contribution in [1.29, 1.82) is 0 Å². The van der Waals surface area contributed by atoms with Crippen molar-refractivity contribution >= 4 is 23.2 Å². The number of rotatable bonds is 2. The van der Waals surface area contributed by atoms with E-state index in [-0.39, 0.29) is 30.0 Å². The molecule has 186 valence electrons. The molecule has 7 heteroatoms. The summed E-state index contributed by atoms with van der Waals surface area (Å²) in [6.45, 7) is 11.7. The predicted molar refractivity (Wildman–Crippen MR) is 131 cm³/mol. The first-order valence-electron chi connectivity index (χ1n) is 12.3. The largest absolute Gasteiger partial charge is 0.392 e. The van der Waals surface area contributed by atoms with Gasteiger partial charge in [-0.1, -0.05) is 34.1 Å². The van der Waals surface area contributed by atoms with Gasteiger partial charge >= 0.3 is 0 Å². The fourth-order valence-electron chi connectivity index (χ4n) is 4.90. The third kappa shape index (κ3) is 6.73. The number of epoxide rings is 1. The summed E-state index contributed by atoms with van der Waals surface area (Å²) in [6.07, 6.45) is 4.65. The molecule has 0 bridgehead atoms. The van der Waals surface area contributed by atoms with Crippen molar-refractivity contribution in [2.45, 2.75) is 104 Å². The Morgan fingerprint density at radius 1 is 1.21 bits per heavy atom. The third-order valence-corrected chi connectivity index (χ3v) is 8.28. The Labute approximate surface area is 202 Å². The smallest absolute Gasteiger partial charge is 0.146 e. The van der Waals surface area contributed by atoms with Crippen molar-refractivity contribution in [2.75, 3.05) is 6.61 Å². The first-order chi connectivity index (χ1) is 15.5. The zero-order chi connectivity index (χ0) is 24.3. The molecule has 0 aromatic carbocycles. The number of aryl methyl sites for hydroxylation is 1. The van der Waals surface area contributed by atoms with Crippen LogP contribution < -0.4 is 0 Å². The molecule has 2 aliphatic rings. The lowest BCUT2D eigenvalue weighted by molar-refractivity contribution is -0.142. The highest BCUT2D eigenvalue weighted by atomic mass is 32.1. The Morgan fingerprint density at radius 3 is 2.61 bits per heavy atom. The average Bonchev–Trinajstić information content (AvgIpc) is 3.38. The maximum Gasteiger partial charge on any atom is 0.146 e. The number of Topliss-reactive ketones (excluding diaryl/α,β-unsaturated/α-hetero) is 1. The lowest BCUT2D eigenvalue weighted by atomic mass is 9.73. The van der Waals surface area contributed by atoms with Gasteiger partial charge in [-0.3, -0.25) is 4.79 Å². The van der Waals surface area contributed by atoms with Crippen LogP contribution >= 0.6 is 11.3 Å². The average molecular weight is 480 g/mol. The fourth-order valence-corrected chi connectivity index (χ4v) is 5.47. The standard InChI is InChI=1S/C26H41NO5S/c1-15-8-7-9-20-22(32-20)13-21(16(2)12-19-14-33-18(4)27-19)31-11-10-23(28)26(5,6)25(30)17(3)24(15)29/h12,14-15,17,20-24,28-29H,7-11,13H2,1-6H3/t15-,17+,20+,21-,22+,23-,24-/m1/s1. The highest BCUT2D eigenvalue weighted by molar-refractivity contribution is 7.09. The Bertz CT molecular complexity index is 834. The minimum atomic E-state index is -0.955. The van der Waals surface area contributed by atoms with Crippen LogP contribution in [-0.4, -0.2) is 58.1 Å². The number of hydrogen-bond acceptors (Lipinski definition) is 7. The van der Waals surface area contributed by atoms with E-state index in [1.54, 1.807) is 32.1 Å². The molecule has 3 rings (SSSR count). The van der Waals surface area contributed by atoms with Gasteiger partial charge < -0.3 is 19.7 Å².